The molecule has 0 amide bonds. The van der Waals surface area contributed by atoms with Crippen molar-refractivity contribution in [3.05, 3.63) is 114 Å². The first-order chi connectivity index (χ1) is 21.1. The van der Waals surface area contributed by atoms with Gasteiger partial charge in [-0.1, -0.05) is 30.3 Å². The standard InChI is InChI=1S/C40H40GeN2O/c1-25(2)33-22-28(27-14-9-8-10-15-27)23-34(26(3)4)38(33)43-36-19-12-11-18-35(36)42-40(43)32-17-13-16-31-30-21-20-29(41(5,6)7)24-37(30)44-39(31)32/h8-26H,1-7H3. The predicted octanol–water partition coefficient (Wildman–Crippen LogP) is 11.1. The fraction of sp³-hybridized carbons (Fsp3) is 0.225. The second kappa shape index (κ2) is 10.8. The summed E-state index contributed by atoms with van der Waals surface area (Å²) in [5.74, 6) is 8.82. The van der Waals surface area contributed by atoms with Gasteiger partial charge in [0.15, 0.2) is 0 Å². The molecule has 0 fully saturated rings. The minimum atomic E-state index is -2.03. The molecule has 7 rings (SSSR count). The number of fused-ring (bicyclic) bond motifs is 4. The zero-order valence-corrected chi connectivity index (χ0v) is 28.9. The van der Waals surface area contributed by atoms with Crippen molar-refractivity contribution in [1.82, 2.24) is 9.55 Å². The molecule has 0 radical (unpaired) electrons. The normalized spacial score (nSPS) is 12.4. The fourth-order valence-electron chi connectivity index (χ4n) is 6.49. The summed E-state index contributed by atoms with van der Waals surface area (Å²) >= 11 is -2.03. The summed E-state index contributed by atoms with van der Waals surface area (Å²) in [6.07, 6.45) is 0. The van der Waals surface area contributed by atoms with E-state index in [-0.39, 0.29) is 0 Å². The van der Waals surface area contributed by atoms with Crippen molar-refractivity contribution in [2.75, 3.05) is 0 Å². The fourth-order valence-corrected chi connectivity index (χ4v) is 8.90. The Kier molecular flexibility index (Phi) is 7.05. The molecule has 0 aliphatic heterocycles. The summed E-state index contributed by atoms with van der Waals surface area (Å²) in [7, 11) is 0. The van der Waals surface area contributed by atoms with Crippen LogP contribution in [0.3, 0.4) is 0 Å². The molecule has 4 heteroatoms. The molecule has 2 heterocycles. The van der Waals surface area contributed by atoms with E-state index >= 15 is 0 Å². The third-order valence-corrected chi connectivity index (χ3v) is 13.2. The van der Waals surface area contributed by atoms with Crippen LogP contribution in [0.1, 0.15) is 50.7 Å². The van der Waals surface area contributed by atoms with Crippen molar-refractivity contribution in [1.29, 1.82) is 0 Å². The molecule has 0 aliphatic carbocycles. The van der Waals surface area contributed by atoms with Crippen LogP contribution in [0.25, 0.3) is 61.2 Å². The summed E-state index contributed by atoms with van der Waals surface area (Å²) in [6, 6.07) is 37.4. The van der Waals surface area contributed by atoms with Gasteiger partial charge in [-0.2, -0.15) is 0 Å². The van der Waals surface area contributed by atoms with Gasteiger partial charge in [-0.05, 0) is 5.56 Å². The number of furan rings is 1. The van der Waals surface area contributed by atoms with Crippen LogP contribution >= 0.6 is 0 Å². The van der Waals surface area contributed by atoms with Gasteiger partial charge >= 0.3 is 228 Å². The number of rotatable bonds is 6. The van der Waals surface area contributed by atoms with E-state index in [4.69, 9.17) is 9.40 Å². The maximum atomic E-state index is 6.77. The number of benzene rings is 5. The molecule has 0 unspecified atom stereocenters. The minimum absolute atomic E-state index is 0.309. The van der Waals surface area contributed by atoms with Crippen molar-refractivity contribution in [3.8, 4) is 28.2 Å². The molecular formula is C40H40GeN2O. The van der Waals surface area contributed by atoms with E-state index in [0.717, 1.165) is 44.4 Å². The van der Waals surface area contributed by atoms with E-state index in [1.54, 1.807) is 0 Å². The van der Waals surface area contributed by atoms with Crippen molar-refractivity contribution < 1.29 is 4.42 Å². The van der Waals surface area contributed by atoms with Crippen molar-refractivity contribution in [2.45, 2.75) is 56.8 Å². The molecule has 7 aromatic rings. The summed E-state index contributed by atoms with van der Waals surface area (Å²) in [4.78, 5) is 5.33. The Balaban J connectivity index is 1.56. The number of imidazole rings is 1. The van der Waals surface area contributed by atoms with Crippen LogP contribution in [-0.4, -0.2) is 22.8 Å². The first-order valence-electron chi connectivity index (χ1n) is 15.8. The summed E-state index contributed by atoms with van der Waals surface area (Å²) in [5.41, 5.74) is 11.3. The van der Waals surface area contributed by atoms with Gasteiger partial charge in [-0.15, -0.1) is 0 Å². The van der Waals surface area contributed by atoms with Gasteiger partial charge in [0, 0.05) is 0 Å². The number of nitrogens with zero attached hydrogens (tertiary/aromatic N) is 2. The molecule has 0 bridgehead atoms. The summed E-state index contributed by atoms with van der Waals surface area (Å²) in [6.45, 7) is 9.20. The van der Waals surface area contributed by atoms with E-state index in [9.17, 15) is 0 Å². The van der Waals surface area contributed by atoms with Crippen molar-refractivity contribution in [2.24, 2.45) is 0 Å². The van der Waals surface area contributed by atoms with Gasteiger partial charge in [0.05, 0.1) is 0 Å². The van der Waals surface area contributed by atoms with Gasteiger partial charge in [0.2, 0.25) is 0 Å². The SMILES string of the molecule is CC(C)c1cc(-c2ccccc2)cc(C(C)C)c1-n1c(-c2cccc3c2oc2c[c]([Ge]([CH3])([CH3])[CH3])ccc23)nc2ccccc21. The Morgan fingerprint density at radius 2 is 1.34 bits per heavy atom. The second-order valence-corrected chi connectivity index (χ2v) is 24.3. The van der Waals surface area contributed by atoms with Crippen LogP contribution in [0.15, 0.2) is 108 Å². The summed E-state index contributed by atoms with van der Waals surface area (Å²) in [5, 5.41) is 2.30. The van der Waals surface area contributed by atoms with Gasteiger partial charge in [-0.25, -0.2) is 0 Å². The number of hydrogen-bond donors (Lipinski definition) is 0. The Morgan fingerprint density at radius 1 is 0.659 bits per heavy atom. The number of hydrogen-bond acceptors (Lipinski definition) is 2. The van der Waals surface area contributed by atoms with Crippen molar-refractivity contribution >= 4 is 50.6 Å². The van der Waals surface area contributed by atoms with Crippen molar-refractivity contribution in [3.63, 3.8) is 0 Å². The molecule has 0 spiro atoms. The van der Waals surface area contributed by atoms with Crippen LogP contribution in [0.4, 0.5) is 0 Å². The van der Waals surface area contributed by atoms with Gasteiger partial charge in [0.1, 0.15) is 0 Å². The van der Waals surface area contributed by atoms with Gasteiger partial charge in [0.25, 0.3) is 0 Å². The quantitative estimate of drug-likeness (QED) is 0.170. The first kappa shape index (κ1) is 28.7. The van der Waals surface area contributed by atoms with E-state index in [1.807, 2.05) is 0 Å². The third kappa shape index (κ3) is 4.78. The molecule has 5 aromatic carbocycles. The Morgan fingerprint density at radius 3 is 2.02 bits per heavy atom. The third-order valence-electron chi connectivity index (χ3n) is 8.91. The molecule has 0 N–H and O–H groups in total. The van der Waals surface area contributed by atoms with E-state index in [0.29, 0.717) is 11.8 Å². The Labute approximate surface area is 262 Å². The van der Waals surface area contributed by atoms with E-state index < -0.39 is 13.3 Å². The maximum absolute atomic E-state index is 6.77. The zero-order valence-electron chi connectivity index (χ0n) is 26.8. The average molecular weight is 637 g/mol. The average Bonchev–Trinajstić information content (AvgIpc) is 3.58. The van der Waals surface area contributed by atoms with E-state index in [1.165, 1.54) is 32.3 Å². The second-order valence-electron chi connectivity index (χ2n) is 13.7. The Hall–Kier alpha value is -4.09. The number of aromatic nitrogens is 2. The molecule has 0 aliphatic rings. The molecule has 0 saturated carbocycles. The molecule has 3 nitrogen and oxygen atoms in total. The van der Waals surface area contributed by atoms with Crippen LogP contribution in [0.5, 0.6) is 0 Å². The van der Waals surface area contributed by atoms with Gasteiger partial charge in [-0.3, -0.25) is 0 Å². The molecule has 44 heavy (non-hydrogen) atoms. The van der Waals surface area contributed by atoms with Crippen LogP contribution in [0, 0.1) is 0 Å². The van der Waals surface area contributed by atoms with Gasteiger partial charge < -0.3 is 0 Å². The zero-order chi connectivity index (χ0) is 30.7. The van der Waals surface area contributed by atoms with Crippen LogP contribution in [-0.2, 0) is 0 Å². The van der Waals surface area contributed by atoms with Crippen LogP contribution < -0.4 is 4.40 Å². The monoisotopic (exact) mass is 638 g/mol. The van der Waals surface area contributed by atoms with E-state index in [2.05, 4.69) is 153 Å². The topological polar surface area (TPSA) is 31.0 Å². The summed E-state index contributed by atoms with van der Waals surface area (Å²) < 4.78 is 10.6. The first-order valence-corrected chi connectivity index (χ1v) is 23.1. The molecule has 220 valence electrons. The molecule has 0 saturated heterocycles. The molecule has 0 atom stereocenters. The Bertz CT molecular complexity index is 2130. The van der Waals surface area contributed by atoms with Crippen LogP contribution in [0.2, 0.25) is 17.3 Å². The molecular weight excluding hydrogens is 597 g/mol. The number of para-hydroxylation sites is 3. The molecule has 2 aromatic heterocycles. The predicted molar refractivity (Wildman–Crippen MR) is 190 cm³/mol.